The molecule has 7 heteroatoms. The largest absolute Gasteiger partial charge is 0.497 e. The molecule has 134 valence electrons. The lowest BCUT2D eigenvalue weighted by molar-refractivity contribution is -0.113. The van der Waals surface area contributed by atoms with E-state index in [-0.39, 0.29) is 11.3 Å². The molecule has 1 aromatic heterocycles. The van der Waals surface area contributed by atoms with E-state index in [9.17, 15) is 9.59 Å². The molecular weight excluding hydrogens is 382 g/mol. The highest BCUT2D eigenvalue weighted by Gasteiger charge is 2.33. The molecule has 2 heterocycles. The maximum Gasteiger partial charge on any atom is 0.270 e. The van der Waals surface area contributed by atoms with E-state index >= 15 is 0 Å². The summed E-state index contributed by atoms with van der Waals surface area (Å²) >= 11 is 6.51. The van der Waals surface area contributed by atoms with E-state index in [1.165, 1.54) is 17.2 Å². The van der Waals surface area contributed by atoms with Crippen molar-refractivity contribution in [1.29, 1.82) is 0 Å². The van der Waals surface area contributed by atoms with Crippen LogP contribution in [0.2, 0.25) is 0 Å². The zero-order valence-electron chi connectivity index (χ0n) is 14.2. The van der Waals surface area contributed by atoms with Gasteiger partial charge in [-0.05, 0) is 42.5 Å². The van der Waals surface area contributed by atoms with Crippen LogP contribution in [0.15, 0.2) is 68.9 Å². The average Bonchev–Trinajstić information content (AvgIpc) is 2.97. The summed E-state index contributed by atoms with van der Waals surface area (Å²) in [6, 6.07) is 14.0. The van der Waals surface area contributed by atoms with Crippen LogP contribution < -0.4 is 15.1 Å². The number of nitrogens with zero attached hydrogens (tertiary/aromatic N) is 1. The summed E-state index contributed by atoms with van der Waals surface area (Å²) in [7, 11) is 1.58. The lowest BCUT2D eigenvalue weighted by atomic mass is 10.1. The Bertz CT molecular complexity index is 1150. The zero-order chi connectivity index (χ0) is 19.0. The normalized spacial score (nSPS) is 15.7. The number of anilines is 1. The van der Waals surface area contributed by atoms with Crippen molar-refractivity contribution in [3.8, 4) is 5.75 Å². The summed E-state index contributed by atoms with van der Waals surface area (Å²) < 4.78 is 11.0. The molecule has 0 aliphatic carbocycles. The van der Waals surface area contributed by atoms with Gasteiger partial charge in [0.2, 0.25) is 0 Å². The molecule has 0 N–H and O–H groups in total. The summed E-state index contributed by atoms with van der Waals surface area (Å²) in [4.78, 5) is 27.3. The lowest BCUT2D eigenvalue weighted by Crippen LogP contribution is -2.27. The molecule has 1 aliphatic rings. The van der Waals surface area contributed by atoms with Crippen molar-refractivity contribution in [1.82, 2.24) is 0 Å². The van der Waals surface area contributed by atoms with Crippen molar-refractivity contribution in [3.63, 3.8) is 0 Å². The molecule has 1 fully saturated rings. The first-order valence-corrected chi connectivity index (χ1v) is 9.23. The van der Waals surface area contributed by atoms with Gasteiger partial charge >= 0.3 is 0 Å². The van der Waals surface area contributed by atoms with E-state index in [2.05, 4.69) is 0 Å². The zero-order valence-corrected chi connectivity index (χ0v) is 15.8. The fourth-order valence-electron chi connectivity index (χ4n) is 2.76. The van der Waals surface area contributed by atoms with Crippen LogP contribution in [-0.4, -0.2) is 17.3 Å². The SMILES string of the molecule is COc1ccc(N2C(=O)/C(=C\c3coc4ccccc4c3=O)SC2=S)cc1. The fourth-order valence-corrected chi connectivity index (χ4v) is 4.05. The van der Waals surface area contributed by atoms with Crippen LogP contribution in [0.25, 0.3) is 17.0 Å². The van der Waals surface area contributed by atoms with Gasteiger partial charge in [-0.2, -0.15) is 0 Å². The van der Waals surface area contributed by atoms with Gasteiger partial charge in [-0.15, -0.1) is 0 Å². The van der Waals surface area contributed by atoms with Gasteiger partial charge in [0.05, 0.1) is 28.7 Å². The first kappa shape index (κ1) is 17.5. The summed E-state index contributed by atoms with van der Waals surface area (Å²) in [5.41, 5.74) is 1.27. The predicted molar refractivity (Wildman–Crippen MR) is 111 cm³/mol. The van der Waals surface area contributed by atoms with Crippen molar-refractivity contribution in [2.75, 3.05) is 12.0 Å². The highest BCUT2D eigenvalue weighted by atomic mass is 32.2. The first-order valence-electron chi connectivity index (χ1n) is 8.01. The van der Waals surface area contributed by atoms with Crippen LogP contribution in [0, 0.1) is 0 Å². The number of hydrogen-bond acceptors (Lipinski definition) is 6. The minimum atomic E-state index is -0.275. The molecule has 3 aromatic rings. The first-order chi connectivity index (χ1) is 13.1. The molecule has 1 saturated heterocycles. The molecule has 27 heavy (non-hydrogen) atoms. The Morgan fingerprint density at radius 3 is 2.59 bits per heavy atom. The van der Waals surface area contributed by atoms with Gasteiger partial charge in [0.25, 0.3) is 5.91 Å². The number of rotatable bonds is 3. The second-order valence-electron chi connectivity index (χ2n) is 5.73. The van der Waals surface area contributed by atoms with Gasteiger partial charge in [0.15, 0.2) is 9.75 Å². The average molecular weight is 395 g/mol. The molecule has 0 spiro atoms. The smallest absolute Gasteiger partial charge is 0.270 e. The third-order valence-corrected chi connectivity index (χ3v) is 5.42. The van der Waals surface area contributed by atoms with Gasteiger partial charge in [0, 0.05) is 0 Å². The van der Waals surface area contributed by atoms with Crippen molar-refractivity contribution >= 4 is 56.9 Å². The Kier molecular flexibility index (Phi) is 4.55. The summed E-state index contributed by atoms with van der Waals surface area (Å²) in [5.74, 6) is 0.413. The molecule has 0 unspecified atom stereocenters. The van der Waals surface area contributed by atoms with E-state index in [0.717, 1.165) is 11.8 Å². The number of thioether (sulfide) groups is 1. The van der Waals surface area contributed by atoms with Crippen molar-refractivity contribution < 1.29 is 13.9 Å². The van der Waals surface area contributed by atoms with Gasteiger partial charge in [-0.1, -0.05) is 36.1 Å². The molecule has 1 aliphatic heterocycles. The monoisotopic (exact) mass is 395 g/mol. The quantitative estimate of drug-likeness (QED) is 0.489. The van der Waals surface area contributed by atoms with Crippen LogP contribution in [-0.2, 0) is 4.79 Å². The maximum absolute atomic E-state index is 12.8. The molecule has 0 saturated carbocycles. The summed E-state index contributed by atoms with van der Waals surface area (Å²) in [6.07, 6.45) is 2.89. The van der Waals surface area contributed by atoms with Crippen LogP contribution in [0.4, 0.5) is 5.69 Å². The molecule has 0 bridgehead atoms. The highest BCUT2D eigenvalue weighted by molar-refractivity contribution is 8.27. The van der Waals surface area contributed by atoms with Crippen molar-refractivity contribution in [2.45, 2.75) is 0 Å². The number of carbonyl (C=O) groups is 1. The number of fused-ring (bicyclic) bond motifs is 1. The topological polar surface area (TPSA) is 59.8 Å². The van der Waals surface area contributed by atoms with Gasteiger partial charge in [0.1, 0.15) is 17.6 Å². The highest BCUT2D eigenvalue weighted by Crippen LogP contribution is 2.36. The van der Waals surface area contributed by atoms with Gasteiger partial charge in [-0.3, -0.25) is 14.5 Å². The summed E-state index contributed by atoms with van der Waals surface area (Å²) in [6.45, 7) is 0. The predicted octanol–water partition coefficient (Wildman–Crippen LogP) is 4.21. The summed E-state index contributed by atoms with van der Waals surface area (Å²) in [5, 5.41) is 0.469. The number of ether oxygens (including phenoxy) is 1. The molecule has 4 rings (SSSR count). The lowest BCUT2D eigenvalue weighted by Gasteiger charge is -2.14. The number of carbonyl (C=O) groups excluding carboxylic acids is 1. The van der Waals surface area contributed by atoms with E-state index in [1.807, 2.05) is 0 Å². The number of para-hydroxylation sites is 1. The standard InChI is InChI=1S/C20H13NO4S2/c1-24-14-8-6-13(7-9-14)21-19(23)17(27-20(21)26)10-12-11-25-16-5-3-2-4-15(16)18(12)22/h2-11H,1H3/b17-10+. The van der Waals surface area contributed by atoms with Crippen molar-refractivity contribution in [2.24, 2.45) is 0 Å². The van der Waals surface area contributed by atoms with Gasteiger partial charge < -0.3 is 9.15 Å². The Balaban J connectivity index is 1.71. The number of methoxy groups -OCH3 is 1. The minimum absolute atomic E-state index is 0.188. The molecule has 5 nitrogen and oxygen atoms in total. The van der Waals surface area contributed by atoms with E-state index in [1.54, 1.807) is 55.6 Å². The van der Waals surface area contributed by atoms with Crippen LogP contribution in [0.1, 0.15) is 5.56 Å². The Morgan fingerprint density at radius 1 is 1.11 bits per heavy atom. The Labute approximate surface area is 164 Å². The van der Waals surface area contributed by atoms with E-state index in [0.29, 0.717) is 37.2 Å². The third-order valence-electron chi connectivity index (χ3n) is 4.12. The number of thiocarbonyl (C=S) groups is 1. The molecule has 2 aromatic carbocycles. The van der Waals surface area contributed by atoms with Gasteiger partial charge in [-0.25, -0.2) is 0 Å². The molecule has 1 amide bonds. The Hall–Kier alpha value is -2.90. The number of benzene rings is 2. The Morgan fingerprint density at radius 2 is 1.85 bits per heavy atom. The van der Waals surface area contributed by atoms with E-state index in [4.69, 9.17) is 21.4 Å². The molecule has 0 radical (unpaired) electrons. The molecule has 0 atom stereocenters. The van der Waals surface area contributed by atoms with E-state index < -0.39 is 0 Å². The second kappa shape index (κ2) is 7.02. The second-order valence-corrected chi connectivity index (χ2v) is 7.41. The number of amides is 1. The van der Waals surface area contributed by atoms with Crippen LogP contribution in [0.5, 0.6) is 5.75 Å². The molecular formula is C20H13NO4S2. The van der Waals surface area contributed by atoms with Crippen LogP contribution >= 0.6 is 24.0 Å². The fraction of sp³-hybridized carbons (Fsp3) is 0.0500. The number of hydrogen-bond donors (Lipinski definition) is 0. The van der Waals surface area contributed by atoms with Crippen LogP contribution in [0.3, 0.4) is 0 Å². The van der Waals surface area contributed by atoms with Crippen molar-refractivity contribution in [3.05, 3.63) is 75.5 Å². The minimum Gasteiger partial charge on any atom is -0.497 e. The third kappa shape index (κ3) is 3.15. The maximum atomic E-state index is 12.8.